The van der Waals surface area contributed by atoms with Gasteiger partial charge >= 0.3 is 0 Å². The topological polar surface area (TPSA) is 25.8 Å². The first kappa shape index (κ1) is 7.22. The van der Waals surface area contributed by atoms with Gasteiger partial charge in [0.25, 0.3) is 0 Å². The Morgan fingerprint density at radius 2 is 2.25 bits per heavy atom. The van der Waals surface area contributed by atoms with Crippen LogP contribution in [-0.2, 0) is 0 Å². The van der Waals surface area contributed by atoms with Gasteiger partial charge in [-0.15, -0.1) is 0 Å². The van der Waals surface area contributed by atoms with Crippen molar-refractivity contribution in [1.82, 2.24) is 9.97 Å². The normalized spacial score (nSPS) is 15.8. The molecule has 1 aromatic heterocycles. The first-order valence-electron chi connectivity index (χ1n) is 4.09. The number of allylic oxidation sites excluding steroid dienone is 4. The zero-order valence-corrected chi connectivity index (χ0v) is 6.77. The first-order chi connectivity index (χ1) is 5.97. The molecular weight excluding hydrogens is 148 g/mol. The number of nitrogens with zero attached hydrogens (tertiary/aromatic N) is 2. The summed E-state index contributed by atoms with van der Waals surface area (Å²) in [5.41, 5.74) is 2.28. The molecule has 0 atom stereocenters. The van der Waals surface area contributed by atoms with Crippen LogP contribution in [0.2, 0.25) is 0 Å². The van der Waals surface area contributed by atoms with Crippen molar-refractivity contribution in [3.05, 3.63) is 42.5 Å². The molecule has 0 saturated carbocycles. The van der Waals surface area contributed by atoms with Crippen LogP contribution < -0.4 is 0 Å². The molecule has 1 aromatic rings. The monoisotopic (exact) mass is 158 g/mol. The van der Waals surface area contributed by atoms with Crippen LogP contribution >= 0.6 is 0 Å². The number of hydrogen-bond donors (Lipinski definition) is 0. The first-order valence-corrected chi connectivity index (χ1v) is 4.09. The zero-order chi connectivity index (χ0) is 8.23. The molecule has 1 aliphatic carbocycles. The summed E-state index contributed by atoms with van der Waals surface area (Å²) in [5.74, 6) is 0. The second-order valence-electron chi connectivity index (χ2n) is 2.75. The average Bonchev–Trinajstić information content (AvgIpc) is 2.21. The fourth-order valence-electron chi connectivity index (χ4n) is 1.28. The third-order valence-corrected chi connectivity index (χ3v) is 1.91. The highest BCUT2D eigenvalue weighted by molar-refractivity contribution is 5.64. The van der Waals surface area contributed by atoms with Crippen LogP contribution in [0.15, 0.2) is 36.8 Å². The lowest BCUT2D eigenvalue weighted by Crippen LogP contribution is -1.91. The van der Waals surface area contributed by atoms with E-state index in [9.17, 15) is 0 Å². The summed E-state index contributed by atoms with van der Waals surface area (Å²) < 4.78 is 0. The number of aromatic nitrogens is 2. The van der Waals surface area contributed by atoms with Crippen molar-refractivity contribution < 1.29 is 0 Å². The van der Waals surface area contributed by atoms with Gasteiger partial charge in [-0.3, -0.25) is 9.97 Å². The summed E-state index contributed by atoms with van der Waals surface area (Å²) in [7, 11) is 0. The molecule has 0 aliphatic heterocycles. The predicted octanol–water partition coefficient (Wildman–Crippen LogP) is 2.21. The largest absolute Gasteiger partial charge is 0.261 e. The minimum Gasteiger partial charge on any atom is -0.261 e. The molecule has 0 radical (unpaired) electrons. The van der Waals surface area contributed by atoms with Crippen molar-refractivity contribution in [3.8, 4) is 0 Å². The van der Waals surface area contributed by atoms with Crippen molar-refractivity contribution in [2.75, 3.05) is 0 Å². The van der Waals surface area contributed by atoms with Crippen molar-refractivity contribution >= 4 is 5.57 Å². The molecule has 1 heterocycles. The van der Waals surface area contributed by atoms with Crippen molar-refractivity contribution in [2.24, 2.45) is 0 Å². The van der Waals surface area contributed by atoms with E-state index in [1.807, 2.05) is 6.20 Å². The van der Waals surface area contributed by atoms with Crippen LogP contribution in [0.1, 0.15) is 18.5 Å². The molecule has 0 N–H and O–H groups in total. The highest BCUT2D eigenvalue weighted by Gasteiger charge is 2.02. The van der Waals surface area contributed by atoms with Gasteiger partial charge in [-0.1, -0.05) is 18.2 Å². The van der Waals surface area contributed by atoms with Crippen LogP contribution in [0.4, 0.5) is 0 Å². The van der Waals surface area contributed by atoms with Gasteiger partial charge in [0.15, 0.2) is 0 Å². The highest BCUT2D eigenvalue weighted by atomic mass is 14.8. The van der Waals surface area contributed by atoms with Gasteiger partial charge in [0.2, 0.25) is 0 Å². The van der Waals surface area contributed by atoms with Crippen LogP contribution in [0, 0.1) is 0 Å². The molecule has 0 aromatic carbocycles. The van der Waals surface area contributed by atoms with E-state index in [2.05, 4.69) is 28.2 Å². The van der Waals surface area contributed by atoms with Gasteiger partial charge in [0.1, 0.15) is 0 Å². The zero-order valence-electron chi connectivity index (χ0n) is 6.77. The van der Waals surface area contributed by atoms with Crippen molar-refractivity contribution in [1.29, 1.82) is 0 Å². The Morgan fingerprint density at radius 1 is 1.25 bits per heavy atom. The molecular formula is C10H10N2. The van der Waals surface area contributed by atoms with E-state index < -0.39 is 0 Å². The summed E-state index contributed by atoms with van der Waals surface area (Å²) in [6.45, 7) is 0. The number of hydrogen-bond acceptors (Lipinski definition) is 2. The molecule has 0 saturated heterocycles. The Kier molecular flexibility index (Phi) is 1.99. The summed E-state index contributed by atoms with van der Waals surface area (Å²) in [6, 6.07) is 0. The molecule has 0 bridgehead atoms. The molecule has 0 spiro atoms. The maximum atomic E-state index is 4.24. The average molecular weight is 158 g/mol. The minimum atomic E-state index is 1.00. The van der Waals surface area contributed by atoms with E-state index in [-0.39, 0.29) is 0 Å². The van der Waals surface area contributed by atoms with Crippen LogP contribution in [0.3, 0.4) is 0 Å². The second-order valence-corrected chi connectivity index (χ2v) is 2.75. The van der Waals surface area contributed by atoms with Crippen molar-refractivity contribution in [3.63, 3.8) is 0 Å². The lowest BCUT2D eigenvalue weighted by molar-refractivity contribution is 1.03. The minimum absolute atomic E-state index is 1.00. The van der Waals surface area contributed by atoms with Gasteiger partial charge in [0, 0.05) is 12.4 Å². The molecule has 1 aliphatic rings. The fourth-order valence-corrected chi connectivity index (χ4v) is 1.28. The summed E-state index contributed by atoms with van der Waals surface area (Å²) in [5, 5.41) is 0. The summed E-state index contributed by atoms with van der Waals surface area (Å²) in [4.78, 5) is 8.27. The molecule has 12 heavy (non-hydrogen) atoms. The Labute approximate surface area is 71.7 Å². The molecule has 0 fully saturated rings. The third-order valence-electron chi connectivity index (χ3n) is 1.91. The maximum absolute atomic E-state index is 4.24. The fraction of sp³-hybridized carbons (Fsp3) is 0.200. The van der Waals surface area contributed by atoms with E-state index in [4.69, 9.17) is 0 Å². The van der Waals surface area contributed by atoms with Gasteiger partial charge in [-0.25, -0.2) is 0 Å². The van der Waals surface area contributed by atoms with Crippen LogP contribution in [0.5, 0.6) is 0 Å². The molecule has 2 heteroatoms. The van der Waals surface area contributed by atoms with Gasteiger partial charge in [-0.2, -0.15) is 0 Å². The van der Waals surface area contributed by atoms with E-state index in [1.54, 1.807) is 12.4 Å². The predicted molar refractivity (Wildman–Crippen MR) is 48.4 cm³/mol. The lowest BCUT2D eigenvalue weighted by Gasteiger charge is -2.06. The Bertz CT molecular complexity index is 312. The maximum Gasteiger partial charge on any atom is 0.0844 e. The van der Waals surface area contributed by atoms with Crippen LogP contribution in [0.25, 0.3) is 5.57 Å². The third kappa shape index (κ3) is 1.42. The molecule has 60 valence electrons. The number of rotatable bonds is 1. The van der Waals surface area contributed by atoms with Gasteiger partial charge in [-0.05, 0) is 18.4 Å². The standard InChI is InChI=1S/C10H10N2/c1-2-4-9(5-3-1)10-8-11-6-7-12-10/h1-2,4,6-8H,3,5H2. The van der Waals surface area contributed by atoms with Gasteiger partial charge in [0.05, 0.1) is 11.9 Å². The molecule has 0 amide bonds. The molecule has 2 rings (SSSR count). The van der Waals surface area contributed by atoms with E-state index >= 15 is 0 Å². The Morgan fingerprint density at radius 3 is 2.92 bits per heavy atom. The Balaban J connectivity index is 2.31. The summed E-state index contributed by atoms with van der Waals surface area (Å²) >= 11 is 0. The van der Waals surface area contributed by atoms with E-state index in [0.29, 0.717) is 0 Å². The quantitative estimate of drug-likeness (QED) is 0.626. The van der Waals surface area contributed by atoms with E-state index in [1.165, 1.54) is 5.57 Å². The highest BCUT2D eigenvalue weighted by Crippen LogP contribution is 2.20. The Hall–Kier alpha value is -1.44. The SMILES string of the molecule is C1=CCCC(c2cnccn2)=C1. The second kappa shape index (κ2) is 3.30. The molecule has 2 nitrogen and oxygen atoms in total. The molecule has 0 unspecified atom stereocenters. The van der Waals surface area contributed by atoms with E-state index in [0.717, 1.165) is 18.5 Å². The lowest BCUT2D eigenvalue weighted by atomic mass is 10.0. The van der Waals surface area contributed by atoms with Crippen LogP contribution in [-0.4, -0.2) is 9.97 Å². The van der Waals surface area contributed by atoms with Gasteiger partial charge < -0.3 is 0 Å². The summed E-state index contributed by atoms with van der Waals surface area (Å²) in [6.07, 6.45) is 13.8. The smallest absolute Gasteiger partial charge is 0.0844 e. The van der Waals surface area contributed by atoms with Crippen molar-refractivity contribution in [2.45, 2.75) is 12.8 Å².